The molecule has 3 atom stereocenters. The average molecular weight is 353 g/mol. The highest BCUT2D eigenvalue weighted by Crippen LogP contribution is 2.28. The summed E-state index contributed by atoms with van der Waals surface area (Å²) in [6.07, 6.45) is 7.04. The van der Waals surface area contributed by atoms with E-state index in [-0.39, 0.29) is 30.1 Å². The van der Waals surface area contributed by atoms with Crippen molar-refractivity contribution in [3.8, 4) is 5.75 Å². The van der Waals surface area contributed by atoms with Gasteiger partial charge in [0.1, 0.15) is 11.9 Å². The van der Waals surface area contributed by atoms with Gasteiger partial charge in [-0.2, -0.15) is 0 Å². The van der Waals surface area contributed by atoms with E-state index in [0.717, 1.165) is 38.8 Å². The molecule has 0 spiro atoms. The minimum absolute atomic E-state index is 0.0957. The van der Waals surface area contributed by atoms with E-state index < -0.39 is 0 Å². The van der Waals surface area contributed by atoms with Gasteiger partial charge in [0, 0.05) is 44.1 Å². The molecule has 2 aliphatic heterocycles. The number of hydrogen-bond donors (Lipinski definition) is 0. The smallest absolute Gasteiger partial charge is 0.225 e. The number of aromatic nitrogens is 1. The first-order valence-corrected chi connectivity index (χ1v) is 9.10. The van der Waals surface area contributed by atoms with Crippen LogP contribution in [0.3, 0.4) is 0 Å². The van der Waals surface area contributed by atoms with Gasteiger partial charge in [-0.25, -0.2) is 0 Å². The molecular formula is C18H25ClN2O3. The molecule has 0 N–H and O–H groups in total. The van der Waals surface area contributed by atoms with Gasteiger partial charge in [-0.05, 0) is 26.7 Å². The van der Waals surface area contributed by atoms with Gasteiger partial charge < -0.3 is 14.4 Å². The van der Waals surface area contributed by atoms with Crippen molar-refractivity contribution in [2.45, 2.75) is 57.8 Å². The zero-order valence-corrected chi connectivity index (χ0v) is 15.0. The molecule has 1 aromatic heterocycles. The van der Waals surface area contributed by atoms with Crippen molar-refractivity contribution in [2.75, 3.05) is 13.1 Å². The Bertz CT molecular complexity index is 565. The summed E-state index contributed by atoms with van der Waals surface area (Å²) in [5, 5.41) is 0.572. The minimum atomic E-state index is 0.0957. The SMILES string of the molecule is C[C@@H]1CC(C(=O)N2CCC(Oc3cncc(Cl)c3)CC2)C[C@H](C)O1. The molecule has 1 aromatic rings. The Morgan fingerprint density at radius 3 is 2.54 bits per heavy atom. The number of nitrogens with zero attached hydrogens (tertiary/aromatic N) is 2. The lowest BCUT2D eigenvalue weighted by atomic mass is 9.90. The van der Waals surface area contributed by atoms with E-state index in [1.165, 1.54) is 0 Å². The van der Waals surface area contributed by atoms with E-state index in [1.54, 1.807) is 18.5 Å². The van der Waals surface area contributed by atoms with Crippen LogP contribution in [0.5, 0.6) is 5.75 Å². The number of hydrogen-bond acceptors (Lipinski definition) is 4. The molecule has 0 aliphatic carbocycles. The van der Waals surface area contributed by atoms with Gasteiger partial charge >= 0.3 is 0 Å². The summed E-state index contributed by atoms with van der Waals surface area (Å²) in [5.41, 5.74) is 0. The van der Waals surface area contributed by atoms with Crippen LogP contribution in [0.2, 0.25) is 5.02 Å². The Morgan fingerprint density at radius 1 is 1.25 bits per heavy atom. The number of ether oxygens (including phenoxy) is 2. The Kier molecular flexibility index (Phi) is 5.61. The number of amides is 1. The second kappa shape index (κ2) is 7.70. The summed E-state index contributed by atoms with van der Waals surface area (Å²) in [6, 6.07) is 1.77. The fourth-order valence-corrected chi connectivity index (χ4v) is 3.87. The largest absolute Gasteiger partial charge is 0.489 e. The highest BCUT2D eigenvalue weighted by Gasteiger charge is 2.34. The van der Waals surface area contributed by atoms with E-state index in [1.807, 2.05) is 4.90 Å². The maximum atomic E-state index is 12.8. The first-order valence-electron chi connectivity index (χ1n) is 8.72. The van der Waals surface area contributed by atoms with Crippen molar-refractivity contribution >= 4 is 17.5 Å². The zero-order chi connectivity index (χ0) is 17.1. The zero-order valence-electron chi connectivity index (χ0n) is 14.3. The standard InChI is InChI=1S/C18H25ClN2O3/c1-12-7-14(8-13(2)23-12)18(22)21-5-3-16(4-6-21)24-17-9-15(19)10-20-11-17/h9-14,16H,3-8H2,1-2H3/t12-,13+,14?. The first-order chi connectivity index (χ1) is 11.5. The number of pyridine rings is 1. The molecule has 5 nitrogen and oxygen atoms in total. The number of piperidine rings is 1. The highest BCUT2D eigenvalue weighted by atomic mass is 35.5. The maximum Gasteiger partial charge on any atom is 0.225 e. The molecule has 3 heterocycles. The normalized spacial score (nSPS) is 28.6. The maximum absolute atomic E-state index is 12.8. The van der Waals surface area contributed by atoms with Gasteiger partial charge in [-0.15, -0.1) is 0 Å². The molecule has 0 radical (unpaired) electrons. The average Bonchev–Trinajstić information content (AvgIpc) is 2.54. The molecule has 1 unspecified atom stereocenters. The third kappa shape index (κ3) is 4.39. The topological polar surface area (TPSA) is 51.7 Å². The Morgan fingerprint density at radius 2 is 1.92 bits per heavy atom. The summed E-state index contributed by atoms with van der Waals surface area (Å²) in [5.74, 6) is 1.07. The minimum Gasteiger partial charge on any atom is -0.489 e. The van der Waals surface area contributed by atoms with Gasteiger partial charge in [-0.3, -0.25) is 9.78 Å². The Labute approximate surface area is 148 Å². The number of rotatable bonds is 3. The molecular weight excluding hydrogens is 328 g/mol. The molecule has 0 aromatic carbocycles. The Balaban J connectivity index is 1.50. The fourth-order valence-electron chi connectivity index (χ4n) is 3.71. The third-order valence-corrected chi connectivity index (χ3v) is 4.99. The third-order valence-electron chi connectivity index (χ3n) is 4.78. The van der Waals surface area contributed by atoms with Crippen LogP contribution in [0, 0.1) is 5.92 Å². The summed E-state index contributed by atoms with van der Waals surface area (Å²) in [7, 11) is 0. The lowest BCUT2D eigenvalue weighted by Gasteiger charge is -2.37. The van der Waals surface area contributed by atoms with Crippen LogP contribution >= 0.6 is 11.6 Å². The van der Waals surface area contributed by atoms with Crippen LogP contribution in [0.4, 0.5) is 0 Å². The van der Waals surface area contributed by atoms with Crippen molar-refractivity contribution in [3.05, 3.63) is 23.5 Å². The van der Waals surface area contributed by atoms with Gasteiger partial charge in [0.15, 0.2) is 0 Å². The highest BCUT2D eigenvalue weighted by molar-refractivity contribution is 6.30. The number of halogens is 1. The number of likely N-dealkylation sites (tertiary alicyclic amines) is 1. The molecule has 2 saturated heterocycles. The van der Waals surface area contributed by atoms with Gasteiger partial charge in [0.05, 0.1) is 23.4 Å². The summed E-state index contributed by atoms with van der Waals surface area (Å²) in [4.78, 5) is 18.8. The van der Waals surface area contributed by atoms with Crippen LogP contribution < -0.4 is 4.74 Å². The quantitative estimate of drug-likeness (QED) is 0.837. The van der Waals surface area contributed by atoms with Crippen molar-refractivity contribution in [2.24, 2.45) is 5.92 Å². The van der Waals surface area contributed by atoms with E-state index in [0.29, 0.717) is 10.8 Å². The molecule has 2 fully saturated rings. The number of carbonyl (C=O) groups excluding carboxylic acids is 1. The molecule has 6 heteroatoms. The molecule has 1 amide bonds. The molecule has 132 valence electrons. The van der Waals surface area contributed by atoms with Crippen molar-refractivity contribution in [3.63, 3.8) is 0 Å². The second-order valence-electron chi connectivity index (χ2n) is 6.91. The van der Waals surface area contributed by atoms with Crippen molar-refractivity contribution in [1.82, 2.24) is 9.88 Å². The first kappa shape index (κ1) is 17.5. The summed E-state index contributed by atoms with van der Waals surface area (Å²) < 4.78 is 11.7. The van der Waals surface area contributed by atoms with Crippen LogP contribution in [-0.2, 0) is 9.53 Å². The van der Waals surface area contributed by atoms with Gasteiger partial charge in [0.25, 0.3) is 0 Å². The fraction of sp³-hybridized carbons (Fsp3) is 0.667. The van der Waals surface area contributed by atoms with E-state index >= 15 is 0 Å². The molecule has 3 rings (SSSR count). The molecule has 0 bridgehead atoms. The van der Waals surface area contributed by atoms with Crippen LogP contribution in [0.1, 0.15) is 39.5 Å². The van der Waals surface area contributed by atoms with Gasteiger partial charge in [-0.1, -0.05) is 11.6 Å². The number of carbonyl (C=O) groups is 1. The van der Waals surface area contributed by atoms with Crippen molar-refractivity contribution in [1.29, 1.82) is 0 Å². The van der Waals surface area contributed by atoms with E-state index in [9.17, 15) is 4.79 Å². The van der Waals surface area contributed by atoms with E-state index in [2.05, 4.69) is 18.8 Å². The predicted molar refractivity (Wildman–Crippen MR) is 92.2 cm³/mol. The second-order valence-corrected chi connectivity index (χ2v) is 7.34. The monoisotopic (exact) mass is 352 g/mol. The van der Waals surface area contributed by atoms with Crippen LogP contribution in [-0.4, -0.2) is 47.2 Å². The Hall–Kier alpha value is -1.33. The lowest BCUT2D eigenvalue weighted by molar-refractivity contribution is -0.145. The van der Waals surface area contributed by atoms with Gasteiger partial charge in [0.2, 0.25) is 5.91 Å². The molecule has 0 saturated carbocycles. The predicted octanol–water partition coefficient (Wildman–Crippen LogP) is 3.31. The molecule has 24 heavy (non-hydrogen) atoms. The van der Waals surface area contributed by atoms with Crippen LogP contribution in [0.15, 0.2) is 18.5 Å². The van der Waals surface area contributed by atoms with Crippen LogP contribution in [0.25, 0.3) is 0 Å². The summed E-state index contributed by atoms with van der Waals surface area (Å²) >= 11 is 5.93. The van der Waals surface area contributed by atoms with Crippen molar-refractivity contribution < 1.29 is 14.3 Å². The van der Waals surface area contributed by atoms with E-state index in [4.69, 9.17) is 21.1 Å². The summed E-state index contributed by atoms with van der Waals surface area (Å²) in [6.45, 7) is 5.60. The molecule has 2 aliphatic rings. The lowest BCUT2D eigenvalue weighted by Crippen LogP contribution is -2.46.